The van der Waals surface area contributed by atoms with Gasteiger partial charge in [0.1, 0.15) is 5.25 Å². The molecule has 0 bridgehead atoms. The Hall–Kier alpha value is -1.57. The lowest BCUT2D eigenvalue weighted by Crippen LogP contribution is -2.26. The molecular formula is C6H7N3O4S. The van der Waals surface area contributed by atoms with Crippen molar-refractivity contribution in [1.82, 2.24) is 15.2 Å². The first-order valence-electron chi connectivity index (χ1n) is 3.59. The van der Waals surface area contributed by atoms with E-state index in [0.717, 1.165) is 11.8 Å². The fraction of sp³-hybridized carbons (Fsp3) is 0.333. The van der Waals surface area contributed by atoms with Gasteiger partial charge in [-0.1, -0.05) is 11.8 Å². The first-order valence-corrected chi connectivity index (χ1v) is 4.47. The molecule has 76 valence electrons. The van der Waals surface area contributed by atoms with Crippen LogP contribution in [0.5, 0.6) is 0 Å². The van der Waals surface area contributed by atoms with Gasteiger partial charge in [0.2, 0.25) is 0 Å². The van der Waals surface area contributed by atoms with Crippen molar-refractivity contribution in [3.63, 3.8) is 0 Å². The third-order valence-electron chi connectivity index (χ3n) is 1.32. The second-order valence-electron chi connectivity index (χ2n) is 2.41. The van der Waals surface area contributed by atoms with Crippen molar-refractivity contribution >= 4 is 17.7 Å². The van der Waals surface area contributed by atoms with E-state index in [0.29, 0.717) is 0 Å². The van der Waals surface area contributed by atoms with Gasteiger partial charge in [-0.25, -0.2) is 9.89 Å². The molecule has 1 aromatic heterocycles. The number of aromatic nitrogens is 3. The van der Waals surface area contributed by atoms with E-state index in [4.69, 9.17) is 5.11 Å². The molecule has 0 aliphatic rings. The highest BCUT2D eigenvalue weighted by Gasteiger charge is 2.15. The zero-order chi connectivity index (χ0) is 10.7. The Bertz CT molecular complexity index is 451. The predicted molar refractivity (Wildman–Crippen MR) is 48.4 cm³/mol. The Balaban J connectivity index is 2.93. The first-order chi connectivity index (χ1) is 6.50. The summed E-state index contributed by atoms with van der Waals surface area (Å²) >= 11 is 0.762. The molecule has 7 nitrogen and oxygen atoms in total. The summed E-state index contributed by atoms with van der Waals surface area (Å²) in [6.07, 6.45) is 0. The highest BCUT2D eigenvalue weighted by molar-refractivity contribution is 8.00. The fourth-order valence-corrected chi connectivity index (χ4v) is 1.33. The zero-order valence-electron chi connectivity index (χ0n) is 7.10. The van der Waals surface area contributed by atoms with E-state index in [1.54, 1.807) is 0 Å². The zero-order valence-corrected chi connectivity index (χ0v) is 7.92. The van der Waals surface area contributed by atoms with Crippen LogP contribution >= 0.6 is 11.8 Å². The lowest BCUT2D eigenvalue weighted by molar-refractivity contribution is -0.136. The van der Waals surface area contributed by atoms with Gasteiger partial charge < -0.3 is 5.11 Å². The van der Waals surface area contributed by atoms with Crippen LogP contribution < -0.4 is 11.2 Å². The summed E-state index contributed by atoms with van der Waals surface area (Å²) in [4.78, 5) is 34.0. The maximum atomic E-state index is 11.0. The van der Waals surface area contributed by atoms with Crippen molar-refractivity contribution in [2.24, 2.45) is 0 Å². The molecule has 0 saturated heterocycles. The minimum Gasteiger partial charge on any atom is -0.480 e. The van der Waals surface area contributed by atoms with Crippen molar-refractivity contribution in [2.45, 2.75) is 17.2 Å². The van der Waals surface area contributed by atoms with Crippen LogP contribution in [-0.4, -0.2) is 31.5 Å². The Morgan fingerprint density at radius 2 is 2.21 bits per heavy atom. The van der Waals surface area contributed by atoms with Crippen LogP contribution in [0, 0.1) is 0 Å². The second-order valence-corrected chi connectivity index (χ2v) is 3.74. The number of hydrogen-bond acceptors (Lipinski definition) is 5. The average Bonchev–Trinajstić information content (AvgIpc) is 2.09. The number of carboxylic acids is 1. The number of carboxylic acid groups (broad SMARTS) is 1. The molecule has 3 N–H and O–H groups in total. The minimum atomic E-state index is -1.05. The van der Waals surface area contributed by atoms with Crippen molar-refractivity contribution in [3.05, 3.63) is 20.8 Å². The number of carbonyl (C=O) groups is 1. The van der Waals surface area contributed by atoms with Gasteiger partial charge in [-0.15, -0.1) is 0 Å². The van der Waals surface area contributed by atoms with Crippen LogP contribution in [-0.2, 0) is 4.79 Å². The molecule has 0 saturated carbocycles. The molecule has 0 fully saturated rings. The summed E-state index contributed by atoms with van der Waals surface area (Å²) in [5.41, 5.74) is -1.41. The lowest BCUT2D eigenvalue weighted by Gasteiger charge is -2.02. The van der Waals surface area contributed by atoms with E-state index in [1.165, 1.54) is 6.92 Å². The monoisotopic (exact) mass is 217 g/mol. The molecule has 1 heterocycles. The summed E-state index contributed by atoms with van der Waals surface area (Å²) in [5, 5.41) is 13.1. The van der Waals surface area contributed by atoms with Crippen LogP contribution in [0.3, 0.4) is 0 Å². The summed E-state index contributed by atoms with van der Waals surface area (Å²) < 4.78 is 0. The van der Waals surface area contributed by atoms with Crippen LogP contribution in [0.15, 0.2) is 14.6 Å². The Morgan fingerprint density at radius 3 is 2.71 bits per heavy atom. The van der Waals surface area contributed by atoms with Crippen LogP contribution in [0.25, 0.3) is 0 Å². The van der Waals surface area contributed by atoms with E-state index in [-0.39, 0.29) is 5.03 Å². The van der Waals surface area contributed by atoms with Crippen molar-refractivity contribution in [3.8, 4) is 0 Å². The standard InChI is InChI=1S/C6H7N3O4S/c1-2(5(11)12)14-4-3(10)7-6(13)9-8-4/h2H,1H3,(H,11,12)(H2,7,9,10,13). The van der Waals surface area contributed by atoms with Crippen LogP contribution in [0.1, 0.15) is 6.92 Å². The van der Waals surface area contributed by atoms with Gasteiger partial charge >= 0.3 is 11.7 Å². The summed E-state index contributed by atoms with van der Waals surface area (Å²) in [6, 6.07) is 0. The van der Waals surface area contributed by atoms with Gasteiger partial charge in [0, 0.05) is 0 Å². The predicted octanol–water partition coefficient (Wildman–Crippen LogP) is -0.977. The molecule has 1 unspecified atom stereocenters. The number of thioether (sulfide) groups is 1. The Morgan fingerprint density at radius 1 is 1.57 bits per heavy atom. The van der Waals surface area contributed by atoms with Gasteiger partial charge in [0.05, 0.1) is 0 Å². The maximum Gasteiger partial charge on any atom is 0.342 e. The van der Waals surface area contributed by atoms with Crippen LogP contribution in [0.4, 0.5) is 0 Å². The third-order valence-corrected chi connectivity index (χ3v) is 2.37. The number of nitrogens with zero attached hydrogens (tertiary/aromatic N) is 1. The molecule has 1 aromatic rings. The molecule has 0 amide bonds. The summed E-state index contributed by atoms with van der Waals surface area (Å²) in [5.74, 6) is -1.05. The maximum absolute atomic E-state index is 11.0. The Labute approximate surface area is 81.6 Å². The lowest BCUT2D eigenvalue weighted by atomic mass is 10.5. The number of H-pyrrole nitrogens is 2. The molecule has 0 aliphatic heterocycles. The minimum absolute atomic E-state index is 0.0699. The number of aromatic amines is 2. The third kappa shape index (κ3) is 2.46. The largest absolute Gasteiger partial charge is 0.480 e. The molecular weight excluding hydrogens is 210 g/mol. The highest BCUT2D eigenvalue weighted by atomic mass is 32.2. The molecule has 0 aromatic carbocycles. The Kier molecular flexibility index (Phi) is 3.07. The van der Waals surface area contributed by atoms with Gasteiger partial charge in [0.15, 0.2) is 5.03 Å². The second kappa shape index (κ2) is 4.09. The molecule has 8 heteroatoms. The quantitative estimate of drug-likeness (QED) is 0.560. The van der Waals surface area contributed by atoms with E-state index < -0.39 is 22.5 Å². The number of hydrogen-bond donors (Lipinski definition) is 3. The molecule has 0 radical (unpaired) electrons. The average molecular weight is 217 g/mol. The summed E-state index contributed by atoms with van der Waals surface area (Å²) in [7, 11) is 0. The van der Waals surface area contributed by atoms with Gasteiger partial charge in [0.25, 0.3) is 5.56 Å². The highest BCUT2D eigenvalue weighted by Crippen LogP contribution is 2.15. The van der Waals surface area contributed by atoms with E-state index in [1.807, 2.05) is 10.1 Å². The molecule has 0 aliphatic carbocycles. The van der Waals surface area contributed by atoms with Crippen LogP contribution in [0.2, 0.25) is 0 Å². The van der Waals surface area contributed by atoms with E-state index >= 15 is 0 Å². The first kappa shape index (κ1) is 10.5. The van der Waals surface area contributed by atoms with Gasteiger partial charge in [-0.05, 0) is 6.92 Å². The normalized spacial score (nSPS) is 12.4. The number of rotatable bonds is 3. The molecule has 14 heavy (non-hydrogen) atoms. The SMILES string of the molecule is CC(Sc1n[nH]c(=O)[nH]c1=O)C(=O)O. The van der Waals surface area contributed by atoms with Crippen molar-refractivity contribution < 1.29 is 9.90 Å². The van der Waals surface area contributed by atoms with Crippen molar-refractivity contribution in [1.29, 1.82) is 0 Å². The molecule has 1 atom stereocenters. The van der Waals surface area contributed by atoms with E-state index in [2.05, 4.69) is 5.10 Å². The fourth-order valence-electron chi connectivity index (χ4n) is 0.635. The molecule has 0 spiro atoms. The molecule has 1 rings (SSSR count). The van der Waals surface area contributed by atoms with E-state index in [9.17, 15) is 14.4 Å². The number of nitrogens with one attached hydrogen (secondary N) is 2. The van der Waals surface area contributed by atoms with Crippen molar-refractivity contribution in [2.75, 3.05) is 0 Å². The van der Waals surface area contributed by atoms with Gasteiger partial charge in [-0.2, -0.15) is 5.10 Å². The smallest absolute Gasteiger partial charge is 0.342 e. The topological polar surface area (TPSA) is 116 Å². The summed E-state index contributed by atoms with van der Waals surface area (Å²) in [6.45, 7) is 1.42. The number of aliphatic carboxylic acids is 1. The van der Waals surface area contributed by atoms with Gasteiger partial charge in [-0.3, -0.25) is 14.6 Å².